The molecule has 0 aromatic heterocycles. The van der Waals surface area contributed by atoms with Gasteiger partial charge < -0.3 is 20.4 Å². The van der Waals surface area contributed by atoms with Crippen LogP contribution >= 0.6 is 0 Å². The SMILES string of the molecule is CC1C(O)C(C)C(O)C(C)C(O)C(C)C1O. The van der Waals surface area contributed by atoms with Crippen molar-refractivity contribution in [1.29, 1.82) is 0 Å². The molecule has 0 aliphatic heterocycles. The van der Waals surface area contributed by atoms with Crippen LogP contribution in [0, 0.1) is 23.7 Å². The monoisotopic (exact) mass is 232 g/mol. The van der Waals surface area contributed by atoms with Gasteiger partial charge in [-0.05, 0) is 0 Å². The van der Waals surface area contributed by atoms with Crippen molar-refractivity contribution in [2.75, 3.05) is 0 Å². The molecule has 0 amide bonds. The van der Waals surface area contributed by atoms with E-state index < -0.39 is 24.4 Å². The fourth-order valence-corrected chi connectivity index (χ4v) is 2.72. The van der Waals surface area contributed by atoms with E-state index >= 15 is 0 Å². The summed E-state index contributed by atoms with van der Waals surface area (Å²) in [5.74, 6) is -1.38. The summed E-state index contributed by atoms with van der Waals surface area (Å²) in [5, 5.41) is 40.0. The number of aliphatic hydroxyl groups is 4. The average Bonchev–Trinajstić information content (AvgIpc) is 2.30. The van der Waals surface area contributed by atoms with Crippen LogP contribution in [0.15, 0.2) is 0 Å². The highest BCUT2D eigenvalue weighted by atomic mass is 16.3. The lowest BCUT2D eigenvalue weighted by molar-refractivity contribution is -0.135. The van der Waals surface area contributed by atoms with Crippen LogP contribution in [0.4, 0.5) is 0 Å². The number of hydrogen-bond acceptors (Lipinski definition) is 4. The van der Waals surface area contributed by atoms with Crippen molar-refractivity contribution in [2.24, 2.45) is 23.7 Å². The molecule has 4 heteroatoms. The van der Waals surface area contributed by atoms with Crippen LogP contribution in [0.2, 0.25) is 0 Å². The van der Waals surface area contributed by atoms with Crippen LogP contribution in [-0.2, 0) is 0 Å². The highest BCUT2D eigenvalue weighted by Gasteiger charge is 2.43. The fourth-order valence-electron chi connectivity index (χ4n) is 2.72. The Kier molecular flexibility index (Phi) is 4.35. The van der Waals surface area contributed by atoms with E-state index in [4.69, 9.17) is 0 Å². The molecule has 1 fully saturated rings. The highest BCUT2D eigenvalue weighted by molar-refractivity contribution is 4.92. The molecule has 0 spiro atoms. The van der Waals surface area contributed by atoms with E-state index in [0.717, 1.165) is 0 Å². The van der Waals surface area contributed by atoms with Crippen molar-refractivity contribution in [3.63, 3.8) is 0 Å². The lowest BCUT2D eigenvalue weighted by atomic mass is 9.71. The Hall–Kier alpha value is -0.160. The number of hydrogen-bond donors (Lipinski definition) is 4. The maximum absolute atomic E-state index is 10.0. The van der Waals surface area contributed by atoms with Gasteiger partial charge in [0.05, 0.1) is 24.4 Å². The fraction of sp³-hybridized carbons (Fsp3) is 1.00. The molecular formula is C12H24O4. The molecule has 1 aliphatic carbocycles. The van der Waals surface area contributed by atoms with E-state index in [1.54, 1.807) is 27.7 Å². The van der Waals surface area contributed by atoms with Gasteiger partial charge in [-0.25, -0.2) is 0 Å². The molecule has 4 N–H and O–H groups in total. The summed E-state index contributed by atoms with van der Waals surface area (Å²) in [7, 11) is 0. The van der Waals surface area contributed by atoms with E-state index in [1.807, 2.05) is 0 Å². The van der Waals surface area contributed by atoms with Gasteiger partial charge in [0.1, 0.15) is 0 Å². The van der Waals surface area contributed by atoms with E-state index in [1.165, 1.54) is 0 Å². The van der Waals surface area contributed by atoms with Gasteiger partial charge in [-0.1, -0.05) is 27.7 Å². The van der Waals surface area contributed by atoms with Crippen molar-refractivity contribution in [2.45, 2.75) is 52.1 Å². The van der Waals surface area contributed by atoms with Crippen molar-refractivity contribution in [3.05, 3.63) is 0 Å². The summed E-state index contributed by atoms with van der Waals surface area (Å²) in [5.41, 5.74) is 0. The maximum Gasteiger partial charge on any atom is 0.0640 e. The van der Waals surface area contributed by atoms with Gasteiger partial charge in [0.15, 0.2) is 0 Å². The van der Waals surface area contributed by atoms with Gasteiger partial charge in [-0.3, -0.25) is 0 Å². The van der Waals surface area contributed by atoms with Gasteiger partial charge in [-0.2, -0.15) is 0 Å². The summed E-state index contributed by atoms with van der Waals surface area (Å²) < 4.78 is 0. The minimum Gasteiger partial charge on any atom is -0.392 e. The highest BCUT2D eigenvalue weighted by Crippen LogP contribution is 2.33. The number of aliphatic hydroxyl groups excluding tert-OH is 4. The zero-order chi connectivity index (χ0) is 12.6. The zero-order valence-corrected chi connectivity index (χ0v) is 10.4. The second kappa shape index (κ2) is 5.00. The maximum atomic E-state index is 10.0. The van der Waals surface area contributed by atoms with E-state index in [9.17, 15) is 20.4 Å². The van der Waals surface area contributed by atoms with Crippen LogP contribution in [0.5, 0.6) is 0 Å². The summed E-state index contributed by atoms with van der Waals surface area (Å²) in [4.78, 5) is 0. The first-order chi connectivity index (χ1) is 7.29. The summed E-state index contributed by atoms with van der Waals surface area (Å²) in [6, 6.07) is 0. The minimum absolute atomic E-state index is 0.346. The van der Waals surface area contributed by atoms with Crippen LogP contribution in [0.3, 0.4) is 0 Å². The second-order valence-corrected chi connectivity index (χ2v) is 5.40. The first kappa shape index (κ1) is 13.9. The third-order valence-corrected chi connectivity index (χ3v) is 4.31. The van der Waals surface area contributed by atoms with Crippen LogP contribution in [0.25, 0.3) is 0 Å². The molecule has 1 aliphatic rings. The standard InChI is InChI=1S/C12H24O4/c1-5-9(13)6(2)11(15)8(4)12(16)7(3)10(5)14/h5-16H,1-4H3. The van der Waals surface area contributed by atoms with Crippen molar-refractivity contribution >= 4 is 0 Å². The molecule has 0 aromatic carbocycles. The molecular weight excluding hydrogens is 208 g/mol. The molecule has 1 saturated carbocycles. The average molecular weight is 232 g/mol. The van der Waals surface area contributed by atoms with Gasteiger partial charge in [-0.15, -0.1) is 0 Å². The van der Waals surface area contributed by atoms with E-state index in [2.05, 4.69) is 0 Å². The lowest BCUT2D eigenvalue weighted by Gasteiger charge is -2.42. The molecule has 0 bridgehead atoms. The third-order valence-electron chi connectivity index (χ3n) is 4.31. The first-order valence-electron chi connectivity index (χ1n) is 6.01. The van der Waals surface area contributed by atoms with Crippen molar-refractivity contribution < 1.29 is 20.4 Å². The normalized spacial score (nSPS) is 55.5. The molecule has 96 valence electrons. The Balaban J connectivity index is 2.98. The Morgan fingerprint density at radius 1 is 0.438 bits per heavy atom. The topological polar surface area (TPSA) is 80.9 Å². The summed E-state index contributed by atoms with van der Waals surface area (Å²) >= 11 is 0. The van der Waals surface area contributed by atoms with Crippen LogP contribution in [0.1, 0.15) is 27.7 Å². The van der Waals surface area contributed by atoms with Crippen LogP contribution in [-0.4, -0.2) is 44.8 Å². The summed E-state index contributed by atoms with van der Waals surface area (Å²) in [6.07, 6.45) is -2.99. The Labute approximate surface area is 96.9 Å². The Morgan fingerprint density at radius 3 is 0.688 bits per heavy atom. The third kappa shape index (κ3) is 2.25. The van der Waals surface area contributed by atoms with E-state index in [0.29, 0.717) is 0 Å². The quantitative estimate of drug-likeness (QED) is 0.473. The van der Waals surface area contributed by atoms with Gasteiger partial charge >= 0.3 is 0 Å². The first-order valence-corrected chi connectivity index (χ1v) is 6.01. The molecule has 0 aromatic rings. The molecule has 0 unspecified atom stereocenters. The number of rotatable bonds is 0. The molecule has 0 radical (unpaired) electrons. The molecule has 16 heavy (non-hydrogen) atoms. The van der Waals surface area contributed by atoms with Crippen molar-refractivity contribution in [1.82, 2.24) is 0 Å². The summed E-state index contributed by atoms with van der Waals surface area (Å²) in [6.45, 7) is 6.99. The predicted molar refractivity (Wildman–Crippen MR) is 60.7 cm³/mol. The minimum atomic E-state index is -0.748. The molecule has 0 saturated heterocycles. The van der Waals surface area contributed by atoms with Gasteiger partial charge in [0.25, 0.3) is 0 Å². The molecule has 0 heterocycles. The zero-order valence-electron chi connectivity index (χ0n) is 10.4. The lowest BCUT2D eigenvalue weighted by Crippen LogP contribution is -2.52. The Morgan fingerprint density at radius 2 is 0.562 bits per heavy atom. The van der Waals surface area contributed by atoms with Gasteiger partial charge in [0, 0.05) is 23.7 Å². The van der Waals surface area contributed by atoms with Crippen LogP contribution < -0.4 is 0 Å². The predicted octanol–water partition coefficient (Wildman–Crippen LogP) is -0.0120. The second-order valence-electron chi connectivity index (χ2n) is 5.40. The molecule has 1 rings (SSSR count). The molecule has 0 atom stereocenters. The smallest absolute Gasteiger partial charge is 0.0640 e. The van der Waals surface area contributed by atoms with Crippen molar-refractivity contribution in [3.8, 4) is 0 Å². The Bertz CT molecular complexity index is 145. The van der Waals surface area contributed by atoms with Gasteiger partial charge in [0.2, 0.25) is 0 Å². The van der Waals surface area contributed by atoms with E-state index in [-0.39, 0.29) is 23.7 Å². The largest absolute Gasteiger partial charge is 0.392 e. The molecule has 4 nitrogen and oxygen atoms in total.